The van der Waals surface area contributed by atoms with Gasteiger partial charge in [-0.25, -0.2) is 4.98 Å². The van der Waals surface area contributed by atoms with Crippen molar-refractivity contribution >= 4 is 23.2 Å². The molecule has 5 nitrogen and oxygen atoms in total. The maximum atomic E-state index is 12.4. The van der Waals surface area contributed by atoms with E-state index in [4.69, 9.17) is 0 Å². The Hall–Kier alpha value is -1.43. The molecule has 0 bridgehead atoms. The van der Waals surface area contributed by atoms with E-state index in [-0.39, 0.29) is 11.8 Å². The normalized spacial score (nSPS) is 11.4. The van der Waals surface area contributed by atoms with Gasteiger partial charge in [-0.3, -0.25) is 9.59 Å². The van der Waals surface area contributed by atoms with E-state index in [9.17, 15) is 9.59 Å². The molecule has 0 radical (unpaired) electrons. The number of aromatic nitrogens is 1. The van der Waals surface area contributed by atoms with Gasteiger partial charge in [0.05, 0.1) is 6.54 Å². The van der Waals surface area contributed by atoms with Gasteiger partial charge in [-0.2, -0.15) is 0 Å². The molecule has 0 saturated heterocycles. The quantitative estimate of drug-likeness (QED) is 0.738. The van der Waals surface area contributed by atoms with Gasteiger partial charge in [-0.15, -0.1) is 11.3 Å². The van der Waals surface area contributed by atoms with Gasteiger partial charge in [0.25, 0.3) is 5.91 Å². The van der Waals surface area contributed by atoms with E-state index < -0.39 is 0 Å². The van der Waals surface area contributed by atoms with E-state index in [1.54, 1.807) is 5.38 Å². The van der Waals surface area contributed by atoms with E-state index in [1.807, 2.05) is 18.7 Å². The standard InChI is InChI=1S/C18H31N3O2S/c1-12(2)7-17(22)21(9-14(5)6)10-16-20-15(11-24-16)18(23)19-8-13(3)4/h11-14H,7-10H2,1-6H3,(H,19,23). The molecule has 0 saturated carbocycles. The Morgan fingerprint density at radius 3 is 2.33 bits per heavy atom. The first-order chi connectivity index (χ1) is 11.2. The summed E-state index contributed by atoms with van der Waals surface area (Å²) in [6.07, 6.45) is 0.541. The molecular weight excluding hydrogens is 322 g/mol. The third-order valence-electron chi connectivity index (χ3n) is 3.30. The zero-order valence-corrected chi connectivity index (χ0v) is 16.6. The zero-order valence-electron chi connectivity index (χ0n) is 15.8. The van der Waals surface area contributed by atoms with Gasteiger partial charge in [0, 0.05) is 24.9 Å². The molecule has 0 aliphatic carbocycles. The molecule has 6 heteroatoms. The van der Waals surface area contributed by atoms with Crippen LogP contribution in [0.25, 0.3) is 0 Å². The first-order valence-electron chi connectivity index (χ1n) is 8.69. The minimum absolute atomic E-state index is 0.143. The van der Waals surface area contributed by atoms with E-state index in [2.05, 4.69) is 38.0 Å². The molecule has 2 amide bonds. The molecule has 0 spiro atoms. The molecule has 0 aromatic carbocycles. The van der Waals surface area contributed by atoms with Crippen molar-refractivity contribution in [2.24, 2.45) is 17.8 Å². The largest absolute Gasteiger partial charge is 0.350 e. The Morgan fingerprint density at radius 1 is 1.12 bits per heavy atom. The first-order valence-corrected chi connectivity index (χ1v) is 9.57. The Labute approximate surface area is 149 Å². The number of thiazole rings is 1. The monoisotopic (exact) mass is 353 g/mol. The van der Waals surface area contributed by atoms with E-state index in [0.29, 0.717) is 49.5 Å². The third kappa shape index (κ3) is 7.43. The van der Waals surface area contributed by atoms with Crippen LogP contribution in [0.5, 0.6) is 0 Å². The molecule has 0 fully saturated rings. The summed E-state index contributed by atoms with van der Waals surface area (Å²) in [5.41, 5.74) is 0.441. The van der Waals surface area contributed by atoms with Crippen molar-refractivity contribution in [1.29, 1.82) is 0 Å². The molecule has 1 rings (SSSR count). The average molecular weight is 354 g/mol. The highest BCUT2D eigenvalue weighted by molar-refractivity contribution is 7.09. The number of hydrogen-bond donors (Lipinski definition) is 1. The number of nitrogens with zero attached hydrogens (tertiary/aromatic N) is 2. The van der Waals surface area contributed by atoms with Crippen LogP contribution in [-0.4, -0.2) is 34.8 Å². The van der Waals surface area contributed by atoms with Gasteiger partial charge in [-0.05, 0) is 17.8 Å². The van der Waals surface area contributed by atoms with Gasteiger partial charge in [0.2, 0.25) is 5.91 Å². The predicted octanol–water partition coefficient (Wildman–Crippen LogP) is 3.56. The van der Waals surface area contributed by atoms with Crippen molar-refractivity contribution < 1.29 is 9.59 Å². The number of carbonyl (C=O) groups is 2. The van der Waals surface area contributed by atoms with Crippen molar-refractivity contribution in [1.82, 2.24) is 15.2 Å². The van der Waals surface area contributed by atoms with Gasteiger partial charge in [-0.1, -0.05) is 41.5 Å². The Kier molecular flexibility index (Phi) is 8.39. The Balaban J connectivity index is 2.73. The molecule has 0 unspecified atom stereocenters. The lowest BCUT2D eigenvalue weighted by Crippen LogP contribution is -2.34. The van der Waals surface area contributed by atoms with Gasteiger partial charge in [0.1, 0.15) is 10.7 Å². The number of rotatable bonds is 9. The maximum Gasteiger partial charge on any atom is 0.270 e. The lowest BCUT2D eigenvalue weighted by Gasteiger charge is -2.24. The molecule has 1 N–H and O–H groups in total. The minimum atomic E-state index is -0.143. The van der Waals surface area contributed by atoms with Crippen LogP contribution in [0.4, 0.5) is 0 Å². The van der Waals surface area contributed by atoms with Gasteiger partial charge in [0.15, 0.2) is 0 Å². The summed E-state index contributed by atoms with van der Waals surface area (Å²) in [7, 11) is 0. The van der Waals surface area contributed by atoms with Crippen LogP contribution in [0.15, 0.2) is 5.38 Å². The van der Waals surface area contributed by atoms with Crippen molar-refractivity contribution in [2.45, 2.75) is 54.5 Å². The summed E-state index contributed by atoms with van der Waals surface area (Å²) in [5, 5.41) is 5.45. The molecule has 1 aromatic heterocycles. The number of nitrogens with one attached hydrogen (secondary N) is 1. The fraction of sp³-hybridized carbons (Fsp3) is 0.722. The second kappa shape index (κ2) is 9.77. The van der Waals surface area contributed by atoms with Gasteiger partial charge >= 0.3 is 0 Å². The summed E-state index contributed by atoms with van der Waals surface area (Å²) >= 11 is 1.44. The van der Waals surface area contributed by atoms with Crippen LogP contribution in [0, 0.1) is 17.8 Å². The highest BCUT2D eigenvalue weighted by Crippen LogP contribution is 2.16. The lowest BCUT2D eigenvalue weighted by atomic mass is 10.1. The summed E-state index contributed by atoms with van der Waals surface area (Å²) in [4.78, 5) is 30.8. The van der Waals surface area contributed by atoms with E-state index in [1.165, 1.54) is 11.3 Å². The molecule has 136 valence electrons. The molecule has 1 heterocycles. The smallest absolute Gasteiger partial charge is 0.270 e. The highest BCUT2D eigenvalue weighted by Gasteiger charge is 2.19. The fourth-order valence-corrected chi connectivity index (χ4v) is 3.00. The average Bonchev–Trinajstić information content (AvgIpc) is 2.91. The summed E-state index contributed by atoms with van der Waals surface area (Å²) in [6, 6.07) is 0. The van der Waals surface area contributed by atoms with Crippen molar-refractivity contribution in [3.63, 3.8) is 0 Å². The SMILES string of the molecule is CC(C)CNC(=O)c1csc(CN(CC(C)C)C(=O)CC(C)C)n1. The third-order valence-corrected chi connectivity index (χ3v) is 4.14. The second-order valence-corrected chi connectivity index (χ2v) is 8.44. The van der Waals surface area contributed by atoms with Crippen LogP contribution in [0.3, 0.4) is 0 Å². The molecule has 0 aliphatic rings. The molecule has 0 aliphatic heterocycles. The Morgan fingerprint density at radius 2 is 1.79 bits per heavy atom. The fourth-order valence-electron chi connectivity index (χ4n) is 2.21. The Bertz CT molecular complexity index is 538. The van der Waals surface area contributed by atoms with Crippen LogP contribution in [0.1, 0.15) is 63.5 Å². The highest BCUT2D eigenvalue weighted by atomic mass is 32.1. The van der Waals surface area contributed by atoms with Crippen LogP contribution in [0.2, 0.25) is 0 Å². The van der Waals surface area contributed by atoms with Gasteiger partial charge < -0.3 is 10.2 Å². The number of hydrogen-bond acceptors (Lipinski definition) is 4. The van der Waals surface area contributed by atoms with Crippen molar-refractivity contribution in [3.05, 3.63) is 16.1 Å². The summed E-state index contributed by atoms with van der Waals surface area (Å²) in [6.45, 7) is 14.2. The second-order valence-electron chi connectivity index (χ2n) is 7.50. The number of carbonyl (C=O) groups excluding carboxylic acids is 2. The van der Waals surface area contributed by atoms with Crippen molar-refractivity contribution in [3.8, 4) is 0 Å². The number of amides is 2. The van der Waals surface area contributed by atoms with E-state index in [0.717, 1.165) is 5.01 Å². The first kappa shape index (κ1) is 20.6. The van der Waals surface area contributed by atoms with Crippen LogP contribution >= 0.6 is 11.3 Å². The predicted molar refractivity (Wildman–Crippen MR) is 99.0 cm³/mol. The minimum Gasteiger partial charge on any atom is -0.350 e. The zero-order chi connectivity index (χ0) is 18.3. The summed E-state index contributed by atoms with van der Waals surface area (Å²) < 4.78 is 0. The lowest BCUT2D eigenvalue weighted by molar-refractivity contribution is -0.133. The maximum absolute atomic E-state index is 12.4. The molecule has 0 atom stereocenters. The van der Waals surface area contributed by atoms with E-state index >= 15 is 0 Å². The molecule has 1 aromatic rings. The van der Waals surface area contributed by atoms with Crippen LogP contribution < -0.4 is 5.32 Å². The topological polar surface area (TPSA) is 62.3 Å². The molecular formula is C18H31N3O2S. The summed E-state index contributed by atoms with van der Waals surface area (Å²) in [5.74, 6) is 1.15. The van der Waals surface area contributed by atoms with Crippen LogP contribution in [-0.2, 0) is 11.3 Å². The molecule has 24 heavy (non-hydrogen) atoms. The van der Waals surface area contributed by atoms with Crippen molar-refractivity contribution in [2.75, 3.05) is 13.1 Å².